The van der Waals surface area contributed by atoms with E-state index in [1.54, 1.807) is 42.5 Å². The van der Waals surface area contributed by atoms with Gasteiger partial charge in [-0.3, -0.25) is 13.9 Å². The molecule has 4 aromatic rings. The number of benzene rings is 4. The zero-order valence-corrected chi connectivity index (χ0v) is 29.1. The average Bonchev–Trinajstić information content (AvgIpc) is 2.99. The van der Waals surface area contributed by atoms with Gasteiger partial charge in [0.25, 0.3) is 10.0 Å². The summed E-state index contributed by atoms with van der Waals surface area (Å²) in [4.78, 5) is 29.9. The molecule has 0 radical (unpaired) electrons. The summed E-state index contributed by atoms with van der Waals surface area (Å²) in [5.41, 5.74) is 1.73. The van der Waals surface area contributed by atoms with Crippen LogP contribution in [-0.2, 0) is 32.6 Å². The van der Waals surface area contributed by atoms with Crippen molar-refractivity contribution in [3.63, 3.8) is 0 Å². The number of halogens is 3. The lowest BCUT2D eigenvalue weighted by Crippen LogP contribution is -2.56. The highest BCUT2D eigenvalue weighted by Gasteiger charge is 2.36. The number of aryl methyl sites for hydroxylation is 1. The fraction of sp³-hybridized carbons (Fsp3) is 0.257. The van der Waals surface area contributed by atoms with Crippen LogP contribution in [0.5, 0.6) is 0 Å². The zero-order chi connectivity index (χ0) is 33.6. The quantitative estimate of drug-likeness (QED) is 0.174. The average molecular weight is 701 g/mol. The van der Waals surface area contributed by atoms with Crippen molar-refractivity contribution in [3.05, 3.63) is 129 Å². The lowest BCUT2D eigenvalue weighted by molar-refractivity contribution is -0.140. The molecule has 0 spiro atoms. The van der Waals surface area contributed by atoms with Crippen LogP contribution in [0.25, 0.3) is 0 Å². The van der Waals surface area contributed by atoms with Crippen LogP contribution in [-0.4, -0.2) is 43.3 Å². The Bertz CT molecular complexity index is 1760. The van der Waals surface area contributed by atoms with Crippen LogP contribution in [0, 0.1) is 6.92 Å². The van der Waals surface area contributed by atoms with Crippen LogP contribution in [0.4, 0.5) is 5.69 Å². The Balaban J connectivity index is 1.85. The van der Waals surface area contributed by atoms with E-state index in [9.17, 15) is 18.0 Å². The van der Waals surface area contributed by atoms with Gasteiger partial charge in [-0.15, -0.1) is 0 Å². The predicted molar refractivity (Wildman–Crippen MR) is 186 cm³/mol. The van der Waals surface area contributed by atoms with E-state index in [1.165, 1.54) is 29.2 Å². The second-order valence-electron chi connectivity index (χ2n) is 12.0. The van der Waals surface area contributed by atoms with E-state index < -0.39 is 40.0 Å². The first-order valence-corrected chi connectivity index (χ1v) is 17.2. The molecule has 0 heterocycles. The molecule has 1 N–H and O–H groups in total. The lowest BCUT2D eigenvalue weighted by atomic mass is 10.0. The maximum atomic E-state index is 14.6. The third kappa shape index (κ3) is 9.04. The number of nitrogens with one attached hydrogen (secondary N) is 1. The summed E-state index contributed by atoms with van der Waals surface area (Å²) in [5, 5.41) is 4.01. The molecule has 0 unspecified atom stereocenters. The van der Waals surface area contributed by atoms with Gasteiger partial charge in [0, 0.05) is 39.1 Å². The first-order valence-electron chi connectivity index (χ1n) is 14.6. The maximum absolute atomic E-state index is 14.6. The minimum absolute atomic E-state index is 0.00728. The highest BCUT2D eigenvalue weighted by Crippen LogP contribution is 2.30. The van der Waals surface area contributed by atoms with E-state index in [4.69, 9.17) is 34.8 Å². The molecule has 0 bridgehead atoms. The molecule has 0 aromatic heterocycles. The van der Waals surface area contributed by atoms with Crippen molar-refractivity contribution in [3.8, 4) is 0 Å². The van der Waals surface area contributed by atoms with Crippen molar-refractivity contribution >= 4 is 62.3 Å². The number of hydrogen-bond donors (Lipinski definition) is 1. The number of hydrogen-bond acceptors (Lipinski definition) is 4. The van der Waals surface area contributed by atoms with Crippen molar-refractivity contribution < 1.29 is 18.0 Å². The smallest absolute Gasteiger partial charge is 0.264 e. The molecule has 0 fully saturated rings. The van der Waals surface area contributed by atoms with Crippen LogP contribution in [0.15, 0.2) is 102 Å². The summed E-state index contributed by atoms with van der Waals surface area (Å²) < 4.78 is 29.3. The van der Waals surface area contributed by atoms with Gasteiger partial charge >= 0.3 is 0 Å². The molecule has 2 amide bonds. The Morgan fingerprint density at radius 2 is 1.39 bits per heavy atom. The van der Waals surface area contributed by atoms with Gasteiger partial charge in [-0.1, -0.05) is 88.9 Å². The number of carbonyl (C=O) groups excluding carboxylic acids is 2. The number of rotatable bonds is 11. The predicted octanol–water partition coefficient (Wildman–Crippen LogP) is 7.71. The van der Waals surface area contributed by atoms with Crippen LogP contribution < -0.4 is 9.62 Å². The summed E-state index contributed by atoms with van der Waals surface area (Å²) >= 11 is 19.3. The highest BCUT2D eigenvalue weighted by atomic mass is 35.5. The van der Waals surface area contributed by atoms with E-state index in [0.29, 0.717) is 20.6 Å². The van der Waals surface area contributed by atoms with E-state index in [-0.39, 0.29) is 23.5 Å². The van der Waals surface area contributed by atoms with Crippen LogP contribution in [0.3, 0.4) is 0 Å². The summed E-state index contributed by atoms with van der Waals surface area (Å²) in [5.74, 6) is -1.04. The molecule has 0 aliphatic rings. The number of anilines is 1. The van der Waals surface area contributed by atoms with E-state index in [0.717, 1.165) is 15.4 Å². The number of carbonyl (C=O) groups is 2. The molecule has 11 heteroatoms. The van der Waals surface area contributed by atoms with E-state index in [1.807, 2.05) is 58.0 Å². The van der Waals surface area contributed by atoms with Crippen molar-refractivity contribution in [2.24, 2.45) is 0 Å². The molecule has 4 rings (SSSR count). The van der Waals surface area contributed by atoms with Gasteiger partial charge in [-0.05, 0) is 81.8 Å². The first kappa shape index (κ1) is 35.3. The fourth-order valence-electron chi connectivity index (χ4n) is 4.83. The molecule has 1 atom stereocenters. The fourth-order valence-corrected chi connectivity index (χ4v) is 6.89. The lowest BCUT2D eigenvalue weighted by Gasteiger charge is -2.35. The van der Waals surface area contributed by atoms with Crippen LogP contribution in [0.2, 0.25) is 15.1 Å². The topological polar surface area (TPSA) is 86.8 Å². The van der Waals surface area contributed by atoms with Gasteiger partial charge in [0.1, 0.15) is 12.6 Å². The third-order valence-corrected chi connectivity index (χ3v) is 9.91. The first-order chi connectivity index (χ1) is 21.7. The number of sulfonamides is 1. The second-order valence-corrected chi connectivity index (χ2v) is 15.1. The van der Waals surface area contributed by atoms with Crippen molar-refractivity contribution in [2.75, 3.05) is 10.8 Å². The van der Waals surface area contributed by atoms with Crippen molar-refractivity contribution in [2.45, 2.75) is 57.1 Å². The Morgan fingerprint density at radius 1 is 0.804 bits per heavy atom. The largest absolute Gasteiger partial charge is 0.350 e. The molecule has 242 valence electrons. The van der Waals surface area contributed by atoms with Crippen molar-refractivity contribution in [1.29, 1.82) is 0 Å². The molecule has 46 heavy (non-hydrogen) atoms. The van der Waals surface area contributed by atoms with Crippen LogP contribution >= 0.6 is 34.8 Å². The Morgan fingerprint density at radius 3 is 1.96 bits per heavy atom. The molecular weight excluding hydrogens is 665 g/mol. The van der Waals surface area contributed by atoms with Gasteiger partial charge in [-0.25, -0.2) is 8.42 Å². The normalized spacial score (nSPS) is 12.3. The maximum Gasteiger partial charge on any atom is 0.264 e. The summed E-state index contributed by atoms with van der Waals surface area (Å²) in [6.07, 6.45) is 0.155. The monoisotopic (exact) mass is 699 g/mol. The number of nitrogens with zero attached hydrogens (tertiary/aromatic N) is 2. The second kappa shape index (κ2) is 14.9. The highest BCUT2D eigenvalue weighted by molar-refractivity contribution is 7.92. The molecule has 7 nitrogen and oxygen atoms in total. The minimum Gasteiger partial charge on any atom is -0.350 e. The molecule has 0 saturated heterocycles. The molecule has 0 saturated carbocycles. The third-order valence-electron chi connectivity index (χ3n) is 7.16. The summed E-state index contributed by atoms with van der Waals surface area (Å²) in [7, 11) is -4.25. The van der Waals surface area contributed by atoms with Crippen molar-refractivity contribution in [1.82, 2.24) is 10.2 Å². The summed E-state index contributed by atoms with van der Waals surface area (Å²) in [6.45, 7) is 6.62. The Kier molecular flexibility index (Phi) is 11.4. The van der Waals surface area contributed by atoms with Gasteiger partial charge in [0.2, 0.25) is 11.8 Å². The molecule has 4 aromatic carbocycles. The summed E-state index contributed by atoms with van der Waals surface area (Å²) in [6, 6.07) is 25.8. The Labute approximate surface area is 286 Å². The number of amides is 2. The van der Waals surface area contributed by atoms with E-state index in [2.05, 4.69) is 5.32 Å². The van der Waals surface area contributed by atoms with Gasteiger partial charge in [0.05, 0.1) is 10.6 Å². The molecule has 0 aliphatic heterocycles. The molecule has 0 aliphatic carbocycles. The Hall–Kier alpha value is -3.56. The van der Waals surface area contributed by atoms with Gasteiger partial charge in [0.15, 0.2) is 0 Å². The zero-order valence-electron chi connectivity index (χ0n) is 26.0. The van der Waals surface area contributed by atoms with Gasteiger partial charge < -0.3 is 10.2 Å². The van der Waals surface area contributed by atoms with Gasteiger partial charge in [-0.2, -0.15) is 0 Å². The van der Waals surface area contributed by atoms with Crippen LogP contribution in [0.1, 0.15) is 37.5 Å². The van der Waals surface area contributed by atoms with E-state index >= 15 is 0 Å². The molecular formula is C35H36Cl3N3O4S. The standard InChI is InChI=1S/C35H36Cl3N3O4S/c1-24-13-19-28(20-14-24)46(44,45)41(27-17-15-26(36)16-18-27)23-33(42)40(22-29-30(37)11-8-12-31(29)38)32(34(43)39-35(2,3)4)21-25-9-6-5-7-10-25/h5-20,32H,21-23H2,1-4H3,(H,39,43)/t32-/m0/s1. The SMILES string of the molecule is Cc1ccc(S(=O)(=O)N(CC(=O)N(Cc2c(Cl)cccc2Cl)[C@@H](Cc2ccccc2)C(=O)NC(C)(C)C)c2ccc(Cl)cc2)cc1. The minimum atomic E-state index is -4.25.